The third kappa shape index (κ3) is 3.41. The van der Waals surface area contributed by atoms with Crippen molar-refractivity contribution in [3.8, 4) is 0 Å². The molecule has 2 aliphatic heterocycles. The molecule has 1 aliphatic carbocycles. The van der Waals surface area contributed by atoms with Gasteiger partial charge in [-0.3, -0.25) is 9.69 Å². The molecular weight excluding hydrogens is 300 g/mol. The summed E-state index contributed by atoms with van der Waals surface area (Å²) >= 11 is 0. The Kier molecular flexibility index (Phi) is 4.69. The molecule has 0 aromatic carbocycles. The van der Waals surface area contributed by atoms with Crippen molar-refractivity contribution in [3.63, 3.8) is 0 Å². The molecule has 3 heterocycles. The van der Waals surface area contributed by atoms with Gasteiger partial charge in [0.2, 0.25) is 0 Å². The maximum absolute atomic E-state index is 12.5. The summed E-state index contributed by atoms with van der Waals surface area (Å²) in [5, 5.41) is 3.20. The molecule has 4 rings (SSSR count). The first kappa shape index (κ1) is 15.9. The molecule has 3 aliphatic rings. The van der Waals surface area contributed by atoms with Crippen molar-refractivity contribution < 1.29 is 4.79 Å². The number of hydrogen-bond donors (Lipinski definition) is 1. The number of carbonyl (C=O) groups is 1. The van der Waals surface area contributed by atoms with Gasteiger partial charge in [-0.15, -0.1) is 0 Å². The van der Waals surface area contributed by atoms with Gasteiger partial charge in [-0.05, 0) is 44.2 Å². The van der Waals surface area contributed by atoms with Crippen molar-refractivity contribution in [1.29, 1.82) is 0 Å². The normalized spacial score (nSPS) is 25.5. The summed E-state index contributed by atoms with van der Waals surface area (Å²) in [6, 6.07) is 4.95. The number of aromatic nitrogens is 1. The molecule has 1 amide bonds. The highest BCUT2D eigenvalue weighted by molar-refractivity contribution is 5.94. The van der Waals surface area contributed by atoms with Crippen molar-refractivity contribution in [1.82, 2.24) is 15.2 Å². The molecule has 1 aromatic heterocycles. The lowest BCUT2D eigenvalue weighted by atomic mass is 10.2. The van der Waals surface area contributed by atoms with E-state index in [1.54, 1.807) is 6.20 Å². The van der Waals surface area contributed by atoms with E-state index >= 15 is 0 Å². The SMILES string of the molecule is O=C(N[C@@H]1CCN(C2CCCC2)C1)c1ccc(N2CCCC2)nc1. The molecule has 1 atom stereocenters. The van der Waals surface area contributed by atoms with Crippen LogP contribution >= 0.6 is 0 Å². The summed E-state index contributed by atoms with van der Waals surface area (Å²) in [5.41, 5.74) is 0.678. The van der Waals surface area contributed by atoms with E-state index in [1.165, 1.54) is 38.5 Å². The Morgan fingerprint density at radius 3 is 2.54 bits per heavy atom. The zero-order valence-electron chi connectivity index (χ0n) is 14.4. The van der Waals surface area contributed by atoms with Crippen molar-refractivity contribution in [3.05, 3.63) is 23.9 Å². The minimum absolute atomic E-state index is 0.0220. The Labute approximate surface area is 144 Å². The minimum atomic E-state index is 0.0220. The molecule has 3 fully saturated rings. The molecule has 0 spiro atoms. The van der Waals surface area contributed by atoms with E-state index in [2.05, 4.69) is 20.1 Å². The fraction of sp³-hybridized carbons (Fsp3) is 0.684. The van der Waals surface area contributed by atoms with E-state index < -0.39 is 0 Å². The standard InChI is InChI=1S/C19H28N4O/c24-19(15-7-8-18(20-13-15)22-10-3-4-11-22)21-16-9-12-23(14-16)17-5-1-2-6-17/h7-8,13,16-17H,1-6,9-12,14H2,(H,21,24)/t16-/m1/s1. The second kappa shape index (κ2) is 7.09. The smallest absolute Gasteiger partial charge is 0.253 e. The van der Waals surface area contributed by atoms with Gasteiger partial charge in [0.05, 0.1) is 5.56 Å². The molecule has 2 saturated heterocycles. The first-order valence-corrected chi connectivity index (χ1v) is 9.55. The van der Waals surface area contributed by atoms with Gasteiger partial charge in [-0.1, -0.05) is 12.8 Å². The molecule has 5 nitrogen and oxygen atoms in total. The molecule has 1 N–H and O–H groups in total. The maximum Gasteiger partial charge on any atom is 0.253 e. The number of carbonyl (C=O) groups excluding carboxylic acids is 1. The first-order chi connectivity index (χ1) is 11.8. The number of likely N-dealkylation sites (tertiary alicyclic amines) is 1. The third-order valence-corrected chi connectivity index (χ3v) is 5.84. The van der Waals surface area contributed by atoms with Crippen LogP contribution in [0.5, 0.6) is 0 Å². The van der Waals surface area contributed by atoms with Gasteiger partial charge in [0, 0.05) is 44.5 Å². The maximum atomic E-state index is 12.5. The lowest BCUT2D eigenvalue weighted by Crippen LogP contribution is -2.39. The van der Waals surface area contributed by atoms with Crippen LogP contribution in [0.15, 0.2) is 18.3 Å². The molecule has 24 heavy (non-hydrogen) atoms. The number of hydrogen-bond acceptors (Lipinski definition) is 4. The van der Waals surface area contributed by atoms with Gasteiger partial charge in [0.25, 0.3) is 5.91 Å². The molecule has 5 heteroatoms. The van der Waals surface area contributed by atoms with Crippen molar-refractivity contribution in [2.75, 3.05) is 31.1 Å². The largest absolute Gasteiger partial charge is 0.357 e. The Balaban J connectivity index is 1.31. The zero-order valence-corrected chi connectivity index (χ0v) is 14.4. The van der Waals surface area contributed by atoms with Gasteiger partial charge in [-0.25, -0.2) is 4.98 Å². The topological polar surface area (TPSA) is 48.5 Å². The predicted octanol–water partition coefficient (Wildman–Crippen LogP) is 2.43. The van der Waals surface area contributed by atoms with Crippen LogP contribution in [0.4, 0.5) is 5.82 Å². The Morgan fingerprint density at radius 1 is 1.04 bits per heavy atom. The molecule has 1 aromatic rings. The lowest BCUT2D eigenvalue weighted by Gasteiger charge is -2.23. The molecule has 1 saturated carbocycles. The summed E-state index contributed by atoms with van der Waals surface area (Å²) in [5.74, 6) is 1.02. The number of anilines is 1. The quantitative estimate of drug-likeness (QED) is 0.922. The third-order valence-electron chi connectivity index (χ3n) is 5.84. The monoisotopic (exact) mass is 328 g/mol. The van der Waals surface area contributed by atoms with Crippen LogP contribution in [0.25, 0.3) is 0 Å². The molecule has 0 bridgehead atoms. The van der Waals surface area contributed by atoms with E-state index in [9.17, 15) is 4.79 Å². The second-order valence-corrected chi connectivity index (χ2v) is 7.49. The lowest BCUT2D eigenvalue weighted by molar-refractivity contribution is 0.0936. The Bertz CT molecular complexity index is 561. The number of pyridine rings is 1. The van der Waals surface area contributed by atoms with Crippen LogP contribution in [0.2, 0.25) is 0 Å². The van der Waals surface area contributed by atoms with Crippen LogP contribution in [0.3, 0.4) is 0 Å². The van der Waals surface area contributed by atoms with Gasteiger partial charge in [0.1, 0.15) is 5.82 Å². The fourth-order valence-electron chi connectivity index (χ4n) is 4.43. The van der Waals surface area contributed by atoms with E-state index in [1.807, 2.05) is 12.1 Å². The van der Waals surface area contributed by atoms with Gasteiger partial charge in [0.15, 0.2) is 0 Å². The molecule has 130 valence electrons. The van der Waals surface area contributed by atoms with E-state index in [4.69, 9.17) is 0 Å². The van der Waals surface area contributed by atoms with Crippen molar-refractivity contribution in [2.45, 2.75) is 57.0 Å². The number of nitrogens with one attached hydrogen (secondary N) is 1. The minimum Gasteiger partial charge on any atom is -0.357 e. The average molecular weight is 328 g/mol. The number of rotatable bonds is 4. The van der Waals surface area contributed by atoms with Crippen LogP contribution < -0.4 is 10.2 Å². The van der Waals surface area contributed by atoms with E-state index in [-0.39, 0.29) is 11.9 Å². The second-order valence-electron chi connectivity index (χ2n) is 7.49. The predicted molar refractivity (Wildman–Crippen MR) is 95.4 cm³/mol. The van der Waals surface area contributed by atoms with E-state index in [0.29, 0.717) is 5.56 Å². The summed E-state index contributed by atoms with van der Waals surface area (Å²) in [4.78, 5) is 21.8. The van der Waals surface area contributed by atoms with Crippen molar-refractivity contribution in [2.24, 2.45) is 0 Å². The van der Waals surface area contributed by atoms with Crippen LogP contribution in [-0.2, 0) is 0 Å². The Hall–Kier alpha value is -1.62. The Morgan fingerprint density at radius 2 is 1.83 bits per heavy atom. The van der Waals surface area contributed by atoms with Crippen LogP contribution in [0.1, 0.15) is 55.3 Å². The van der Waals surface area contributed by atoms with Gasteiger partial charge >= 0.3 is 0 Å². The number of nitrogens with zero attached hydrogens (tertiary/aromatic N) is 3. The molecule has 0 unspecified atom stereocenters. The van der Waals surface area contributed by atoms with E-state index in [0.717, 1.165) is 44.5 Å². The zero-order chi connectivity index (χ0) is 16.4. The van der Waals surface area contributed by atoms with Gasteiger partial charge < -0.3 is 10.2 Å². The fourth-order valence-corrected chi connectivity index (χ4v) is 4.43. The summed E-state index contributed by atoms with van der Waals surface area (Å²) in [6.07, 6.45) is 10.7. The number of amides is 1. The molecule has 0 radical (unpaired) electrons. The van der Waals surface area contributed by atoms with Crippen LogP contribution in [0, 0.1) is 0 Å². The summed E-state index contributed by atoms with van der Waals surface area (Å²) in [6.45, 7) is 4.30. The van der Waals surface area contributed by atoms with Gasteiger partial charge in [-0.2, -0.15) is 0 Å². The van der Waals surface area contributed by atoms with Crippen LogP contribution in [-0.4, -0.2) is 54.1 Å². The van der Waals surface area contributed by atoms with Crippen molar-refractivity contribution >= 4 is 11.7 Å². The molecular formula is C19H28N4O. The average Bonchev–Trinajstić information content (AvgIpc) is 3.36. The highest BCUT2D eigenvalue weighted by Gasteiger charge is 2.30. The first-order valence-electron chi connectivity index (χ1n) is 9.55. The summed E-state index contributed by atoms with van der Waals surface area (Å²) < 4.78 is 0. The summed E-state index contributed by atoms with van der Waals surface area (Å²) in [7, 11) is 0. The highest BCUT2D eigenvalue weighted by atomic mass is 16.1. The highest BCUT2D eigenvalue weighted by Crippen LogP contribution is 2.26.